The van der Waals surface area contributed by atoms with E-state index in [9.17, 15) is 0 Å². The molecule has 1 nitrogen and oxygen atoms in total. The van der Waals surface area contributed by atoms with Crippen LogP contribution >= 0.6 is 0 Å². The van der Waals surface area contributed by atoms with Crippen LogP contribution in [0.15, 0.2) is 0 Å². The Morgan fingerprint density at radius 1 is 1.17 bits per heavy atom. The molecule has 70 valence electrons. The average molecular weight is 167 g/mol. The van der Waals surface area contributed by atoms with Crippen molar-refractivity contribution < 1.29 is 0 Å². The molecule has 0 aromatic carbocycles. The van der Waals surface area contributed by atoms with E-state index in [1.807, 2.05) is 0 Å². The molecule has 0 bridgehead atoms. The zero-order chi connectivity index (χ0) is 8.77. The Morgan fingerprint density at radius 3 is 2.42 bits per heavy atom. The van der Waals surface area contributed by atoms with Gasteiger partial charge in [-0.15, -0.1) is 0 Å². The van der Waals surface area contributed by atoms with Crippen LogP contribution in [-0.2, 0) is 0 Å². The third kappa shape index (κ3) is 1.19. The minimum Gasteiger partial charge on any atom is -0.325 e. The molecule has 3 unspecified atom stereocenters. The first-order chi connectivity index (χ1) is 5.64. The maximum Gasteiger partial charge on any atom is 0.0211 e. The molecule has 0 aromatic rings. The van der Waals surface area contributed by atoms with Gasteiger partial charge in [-0.05, 0) is 37.0 Å². The Morgan fingerprint density at radius 2 is 1.83 bits per heavy atom. The summed E-state index contributed by atoms with van der Waals surface area (Å²) in [4.78, 5) is 0. The molecule has 2 fully saturated rings. The Balaban J connectivity index is 2.11. The molecular formula is C11H21N. The van der Waals surface area contributed by atoms with E-state index >= 15 is 0 Å². The van der Waals surface area contributed by atoms with Gasteiger partial charge in [0.25, 0.3) is 0 Å². The molecule has 2 rings (SSSR count). The molecule has 0 saturated heterocycles. The van der Waals surface area contributed by atoms with Crippen LogP contribution < -0.4 is 5.73 Å². The van der Waals surface area contributed by atoms with Crippen molar-refractivity contribution >= 4 is 0 Å². The van der Waals surface area contributed by atoms with E-state index in [0.717, 1.165) is 17.8 Å². The van der Waals surface area contributed by atoms with E-state index < -0.39 is 0 Å². The van der Waals surface area contributed by atoms with Crippen LogP contribution in [0.4, 0.5) is 0 Å². The highest BCUT2D eigenvalue weighted by Gasteiger charge is 2.48. The molecule has 2 aliphatic carbocycles. The largest absolute Gasteiger partial charge is 0.325 e. The molecule has 0 heterocycles. The first-order valence-corrected chi connectivity index (χ1v) is 5.43. The van der Waals surface area contributed by atoms with Gasteiger partial charge in [0.05, 0.1) is 0 Å². The van der Waals surface area contributed by atoms with Crippen molar-refractivity contribution in [2.45, 2.75) is 51.5 Å². The van der Waals surface area contributed by atoms with Crippen molar-refractivity contribution in [2.75, 3.05) is 0 Å². The zero-order valence-electron chi connectivity index (χ0n) is 8.34. The fraction of sp³-hybridized carbons (Fsp3) is 1.00. The van der Waals surface area contributed by atoms with Gasteiger partial charge in [-0.25, -0.2) is 0 Å². The highest BCUT2D eigenvalue weighted by Crippen LogP contribution is 2.49. The molecule has 1 heteroatoms. The van der Waals surface area contributed by atoms with Gasteiger partial charge < -0.3 is 5.73 Å². The van der Waals surface area contributed by atoms with Crippen molar-refractivity contribution in [3.8, 4) is 0 Å². The van der Waals surface area contributed by atoms with E-state index in [0.29, 0.717) is 0 Å². The second-order valence-corrected chi connectivity index (χ2v) is 5.04. The van der Waals surface area contributed by atoms with E-state index in [1.165, 1.54) is 32.1 Å². The van der Waals surface area contributed by atoms with Gasteiger partial charge in [0.15, 0.2) is 0 Å². The fourth-order valence-corrected chi connectivity index (χ4v) is 2.93. The molecule has 0 aliphatic heterocycles. The molecule has 3 atom stereocenters. The SMILES string of the molecule is CC1CCCC(N)(C2CC2)C1C. The Labute approximate surface area is 75.7 Å². The summed E-state index contributed by atoms with van der Waals surface area (Å²) in [6.07, 6.45) is 6.83. The lowest BCUT2D eigenvalue weighted by Crippen LogP contribution is -2.52. The third-order valence-electron chi connectivity index (χ3n) is 4.31. The summed E-state index contributed by atoms with van der Waals surface area (Å²) in [6, 6.07) is 0. The van der Waals surface area contributed by atoms with Crippen molar-refractivity contribution in [3.05, 3.63) is 0 Å². The van der Waals surface area contributed by atoms with E-state index in [2.05, 4.69) is 13.8 Å². The lowest BCUT2D eigenvalue weighted by atomic mass is 9.66. The van der Waals surface area contributed by atoms with Crippen LogP contribution in [0.25, 0.3) is 0 Å². The van der Waals surface area contributed by atoms with Crippen molar-refractivity contribution in [2.24, 2.45) is 23.5 Å². The minimum atomic E-state index is 0.220. The predicted molar refractivity (Wildman–Crippen MR) is 51.8 cm³/mol. The number of rotatable bonds is 1. The van der Waals surface area contributed by atoms with Crippen LogP contribution in [0.5, 0.6) is 0 Å². The lowest BCUT2D eigenvalue weighted by Gasteiger charge is -2.43. The van der Waals surface area contributed by atoms with Crippen LogP contribution in [0.2, 0.25) is 0 Å². The van der Waals surface area contributed by atoms with E-state index in [4.69, 9.17) is 5.73 Å². The molecule has 0 amide bonds. The predicted octanol–water partition coefficient (Wildman–Crippen LogP) is 2.55. The minimum absolute atomic E-state index is 0.220. The molecule has 2 N–H and O–H groups in total. The number of hydrogen-bond donors (Lipinski definition) is 1. The second-order valence-electron chi connectivity index (χ2n) is 5.04. The van der Waals surface area contributed by atoms with Crippen molar-refractivity contribution in [1.82, 2.24) is 0 Å². The van der Waals surface area contributed by atoms with Crippen LogP contribution in [0, 0.1) is 17.8 Å². The third-order valence-corrected chi connectivity index (χ3v) is 4.31. The normalized spacial score (nSPS) is 49.2. The summed E-state index contributed by atoms with van der Waals surface area (Å²) in [5.74, 6) is 2.47. The van der Waals surface area contributed by atoms with E-state index in [1.54, 1.807) is 0 Å². The Bertz CT molecular complexity index is 174. The molecule has 0 radical (unpaired) electrons. The maximum atomic E-state index is 6.50. The fourth-order valence-electron chi connectivity index (χ4n) is 2.93. The molecule has 2 aliphatic rings. The summed E-state index contributed by atoms with van der Waals surface area (Å²) in [5.41, 5.74) is 6.72. The van der Waals surface area contributed by atoms with E-state index in [-0.39, 0.29) is 5.54 Å². The molecule has 0 aromatic heterocycles. The second kappa shape index (κ2) is 2.73. The first-order valence-electron chi connectivity index (χ1n) is 5.43. The monoisotopic (exact) mass is 167 g/mol. The van der Waals surface area contributed by atoms with Gasteiger partial charge in [0.2, 0.25) is 0 Å². The summed E-state index contributed by atoms with van der Waals surface area (Å²) in [5, 5.41) is 0. The Kier molecular flexibility index (Phi) is 1.95. The first kappa shape index (κ1) is 8.55. The molecule has 12 heavy (non-hydrogen) atoms. The van der Waals surface area contributed by atoms with Crippen LogP contribution in [-0.4, -0.2) is 5.54 Å². The Hall–Kier alpha value is -0.0400. The lowest BCUT2D eigenvalue weighted by molar-refractivity contribution is 0.123. The highest BCUT2D eigenvalue weighted by atomic mass is 14.8. The molecular weight excluding hydrogens is 146 g/mol. The smallest absolute Gasteiger partial charge is 0.0211 e. The van der Waals surface area contributed by atoms with Crippen molar-refractivity contribution in [1.29, 1.82) is 0 Å². The zero-order valence-corrected chi connectivity index (χ0v) is 8.34. The summed E-state index contributed by atoms with van der Waals surface area (Å²) in [6.45, 7) is 4.73. The topological polar surface area (TPSA) is 26.0 Å². The maximum absolute atomic E-state index is 6.50. The number of nitrogens with two attached hydrogens (primary N) is 1. The van der Waals surface area contributed by atoms with Gasteiger partial charge in [0, 0.05) is 5.54 Å². The van der Waals surface area contributed by atoms with Gasteiger partial charge in [-0.3, -0.25) is 0 Å². The summed E-state index contributed by atoms with van der Waals surface area (Å²) in [7, 11) is 0. The van der Waals surface area contributed by atoms with Gasteiger partial charge in [0.1, 0.15) is 0 Å². The molecule has 0 spiro atoms. The average Bonchev–Trinajstić information content (AvgIpc) is 2.82. The number of hydrogen-bond acceptors (Lipinski definition) is 1. The summed E-state index contributed by atoms with van der Waals surface area (Å²) >= 11 is 0. The van der Waals surface area contributed by atoms with Crippen LogP contribution in [0.3, 0.4) is 0 Å². The van der Waals surface area contributed by atoms with Gasteiger partial charge in [-0.1, -0.05) is 26.7 Å². The standard InChI is InChI=1S/C11H21N/c1-8-4-3-7-11(12,9(8)2)10-5-6-10/h8-10H,3-7,12H2,1-2H3. The van der Waals surface area contributed by atoms with Gasteiger partial charge >= 0.3 is 0 Å². The quantitative estimate of drug-likeness (QED) is 0.638. The van der Waals surface area contributed by atoms with Gasteiger partial charge in [-0.2, -0.15) is 0 Å². The summed E-state index contributed by atoms with van der Waals surface area (Å²) < 4.78 is 0. The highest BCUT2D eigenvalue weighted by molar-refractivity contribution is 5.04. The van der Waals surface area contributed by atoms with Crippen molar-refractivity contribution in [3.63, 3.8) is 0 Å². The molecule has 2 saturated carbocycles. The van der Waals surface area contributed by atoms with Crippen LogP contribution in [0.1, 0.15) is 46.0 Å².